The molecule has 1 N–H and O–H groups in total. The highest BCUT2D eigenvalue weighted by Crippen LogP contribution is 2.38. The minimum atomic E-state index is -3.74. The Hall–Kier alpha value is -2.48. The predicted octanol–water partition coefficient (Wildman–Crippen LogP) is 2.27. The van der Waals surface area contributed by atoms with Gasteiger partial charge in [-0.2, -0.15) is 4.31 Å². The summed E-state index contributed by atoms with van der Waals surface area (Å²) in [5.41, 5.74) is 2.26. The number of aryl methyl sites for hydroxylation is 1. The molecule has 1 aromatic carbocycles. The Balaban J connectivity index is 1.81. The van der Waals surface area contributed by atoms with Crippen molar-refractivity contribution in [1.82, 2.24) is 13.9 Å². The number of fused-ring (bicyclic) bond motifs is 1. The van der Waals surface area contributed by atoms with Crippen molar-refractivity contribution in [1.29, 1.82) is 0 Å². The number of nitrogens with zero attached hydrogens (tertiary/aromatic N) is 3. The molecule has 1 aliphatic heterocycles. The summed E-state index contributed by atoms with van der Waals surface area (Å²) in [5.74, 6) is 0. The van der Waals surface area contributed by atoms with Crippen LogP contribution in [0.2, 0.25) is 0 Å². The van der Waals surface area contributed by atoms with E-state index in [4.69, 9.17) is 0 Å². The molecule has 7 heteroatoms. The maximum Gasteiger partial charge on any atom is 0.244 e. The number of benzene rings is 1. The summed E-state index contributed by atoms with van der Waals surface area (Å²) < 4.78 is 30.1. The van der Waals surface area contributed by atoms with Crippen LogP contribution < -0.4 is 0 Å². The molecule has 0 bridgehead atoms. The van der Waals surface area contributed by atoms with E-state index in [-0.39, 0.29) is 11.4 Å². The average Bonchev–Trinajstić information content (AvgIpc) is 3.08. The SMILES string of the molecule is Cn1cccc1C[C@H]1[C@H](O)c2ccccc2S(=O)(=O)N1Cc1ccncc1. The van der Waals surface area contributed by atoms with E-state index in [1.165, 1.54) is 4.31 Å². The van der Waals surface area contributed by atoms with Crippen LogP contribution in [0.25, 0.3) is 0 Å². The lowest BCUT2D eigenvalue weighted by Crippen LogP contribution is -2.48. The van der Waals surface area contributed by atoms with Gasteiger partial charge in [-0.25, -0.2) is 8.42 Å². The Bertz CT molecular complexity index is 1050. The number of aliphatic hydroxyl groups is 1. The molecule has 27 heavy (non-hydrogen) atoms. The van der Waals surface area contributed by atoms with Crippen molar-refractivity contribution >= 4 is 10.0 Å². The van der Waals surface area contributed by atoms with Crippen molar-refractivity contribution in [2.75, 3.05) is 0 Å². The van der Waals surface area contributed by atoms with Crippen LogP contribution in [-0.2, 0) is 30.0 Å². The number of sulfonamides is 1. The third-order valence-electron chi connectivity index (χ3n) is 5.12. The van der Waals surface area contributed by atoms with Gasteiger partial charge in [-0.05, 0) is 35.9 Å². The Labute approximate surface area is 158 Å². The summed E-state index contributed by atoms with van der Waals surface area (Å²) in [4.78, 5) is 4.17. The van der Waals surface area contributed by atoms with Crippen molar-refractivity contribution in [2.24, 2.45) is 7.05 Å². The highest BCUT2D eigenvalue weighted by Gasteiger charge is 2.43. The fourth-order valence-corrected chi connectivity index (χ4v) is 5.49. The van der Waals surface area contributed by atoms with Crippen LogP contribution in [0.15, 0.2) is 72.0 Å². The number of aliphatic hydroxyl groups excluding tert-OH is 1. The monoisotopic (exact) mass is 383 g/mol. The predicted molar refractivity (Wildman–Crippen MR) is 101 cm³/mol. The molecule has 2 aromatic heterocycles. The zero-order chi connectivity index (χ0) is 19.0. The van der Waals surface area contributed by atoms with Gasteiger partial charge in [0.1, 0.15) is 0 Å². The van der Waals surface area contributed by atoms with Crippen molar-refractivity contribution in [2.45, 2.75) is 30.0 Å². The van der Waals surface area contributed by atoms with Gasteiger partial charge in [0.15, 0.2) is 0 Å². The third kappa shape index (κ3) is 3.18. The third-order valence-corrected chi connectivity index (χ3v) is 7.06. The number of aromatic nitrogens is 2. The zero-order valence-electron chi connectivity index (χ0n) is 14.9. The van der Waals surface area contributed by atoms with Crippen LogP contribution in [0.1, 0.15) is 22.9 Å². The summed E-state index contributed by atoms with van der Waals surface area (Å²) in [7, 11) is -1.82. The number of rotatable bonds is 4. The fraction of sp³-hybridized carbons (Fsp3) is 0.250. The van der Waals surface area contributed by atoms with Crippen LogP contribution >= 0.6 is 0 Å². The van der Waals surface area contributed by atoms with Gasteiger partial charge in [0.25, 0.3) is 0 Å². The molecule has 4 rings (SSSR count). The maximum atomic E-state index is 13.4. The molecule has 0 saturated carbocycles. The van der Waals surface area contributed by atoms with Crippen molar-refractivity contribution in [3.63, 3.8) is 0 Å². The number of hydrogen-bond acceptors (Lipinski definition) is 4. The van der Waals surface area contributed by atoms with E-state index >= 15 is 0 Å². The summed E-state index contributed by atoms with van der Waals surface area (Å²) in [6, 6.07) is 13.6. The summed E-state index contributed by atoms with van der Waals surface area (Å²) in [6.45, 7) is 0.186. The highest BCUT2D eigenvalue weighted by atomic mass is 32.2. The Morgan fingerprint density at radius 2 is 1.81 bits per heavy atom. The van der Waals surface area contributed by atoms with Crippen LogP contribution in [0.3, 0.4) is 0 Å². The molecular weight excluding hydrogens is 362 g/mol. The highest BCUT2D eigenvalue weighted by molar-refractivity contribution is 7.89. The van der Waals surface area contributed by atoms with E-state index in [2.05, 4.69) is 4.98 Å². The first-order valence-corrected chi connectivity index (χ1v) is 10.2. The van der Waals surface area contributed by atoms with Crippen LogP contribution in [-0.4, -0.2) is 33.4 Å². The molecule has 3 heterocycles. The molecule has 6 nitrogen and oxygen atoms in total. The van der Waals surface area contributed by atoms with E-state index < -0.39 is 22.2 Å². The number of pyridine rings is 1. The van der Waals surface area contributed by atoms with E-state index in [1.54, 1.807) is 48.8 Å². The molecule has 0 radical (unpaired) electrons. The van der Waals surface area contributed by atoms with Gasteiger partial charge in [0, 0.05) is 49.9 Å². The maximum absolute atomic E-state index is 13.4. The lowest BCUT2D eigenvalue weighted by Gasteiger charge is -2.39. The Kier molecular flexibility index (Phi) is 4.59. The second kappa shape index (κ2) is 6.92. The molecule has 0 saturated heterocycles. The van der Waals surface area contributed by atoms with Crippen molar-refractivity contribution < 1.29 is 13.5 Å². The molecule has 3 aromatic rings. The molecule has 1 aliphatic rings. The van der Waals surface area contributed by atoms with Gasteiger partial charge in [0.05, 0.1) is 17.0 Å². The standard InChI is InChI=1S/C20H21N3O3S/c1-22-12-4-5-16(22)13-18-20(24)17-6-2-3-7-19(17)27(25,26)23(18)14-15-8-10-21-11-9-15/h2-12,18,20,24H,13-14H2,1H3/t18-,20+/m0/s1. The molecule has 0 spiro atoms. The topological polar surface area (TPSA) is 75.4 Å². The van der Waals surface area contributed by atoms with Crippen molar-refractivity contribution in [3.05, 3.63) is 83.9 Å². The quantitative estimate of drug-likeness (QED) is 0.750. The van der Waals surface area contributed by atoms with Crippen LogP contribution in [0.4, 0.5) is 0 Å². The summed E-state index contributed by atoms with van der Waals surface area (Å²) in [5, 5.41) is 11.1. The smallest absolute Gasteiger partial charge is 0.244 e. The van der Waals surface area contributed by atoms with E-state index in [0.717, 1.165) is 11.3 Å². The first-order valence-electron chi connectivity index (χ1n) is 8.76. The molecule has 140 valence electrons. The molecule has 0 unspecified atom stereocenters. The minimum absolute atomic E-state index is 0.176. The molecule has 0 aliphatic carbocycles. The average molecular weight is 383 g/mol. The normalized spacial score (nSPS) is 21.7. The summed E-state index contributed by atoms with van der Waals surface area (Å²) >= 11 is 0. The second-order valence-corrected chi connectivity index (χ2v) is 8.63. The lowest BCUT2D eigenvalue weighted by molar-refractivity contribution is 0.0761. The van der Waals surface area contributed by atoms with Gasteiger partial charge in [-0.15, -0.1) is 0 Å². The first-order chi connectivity index (χ1) is 13.0. The molecule has 0 amide bonds. The van der Waals surface area contributed by atoms with Gasteiger partial charge in [-0.3, -0.25) is 4.98 Å². The van der Waals surface area contributed by atoms with Gasteiger partial charge >= 0.3 is 0 Å². The largest absolute Gasteiger partial charge is 0.387 e. The molecule has 2 atom stereocenters. The zero-order valence-corrected chi connectivity index (χ0v) is 15.7. The fourth-order valence-electron chi connectivity index (χ4n) is 3.64. The van der Waals surface area contributed by atoms with Crippen LogP contribution in [0, 0.1) is 0 Å². The Morgan fingerprint density at radius 1 is 1.07 bits per heavy atom. The molecular formula is C20H21N3O3S. The summed E-state index contributed by atoms with van der Waals surface area (Å²) in [6.07, 6.45) is 4.72. The Morgan fingerprint density at radius 3 is 2.52 bits per heavy atom. The van der Waals surface area contributed by atoms with Crippen molar-refractivity contribution in [3.8, 4) is 0 Å². The van der Waals surface area contributed by atoms with E-state index in [0.29, 0.717) is 12.0 Å². The van der Waals surface area contributed by atoms with E-state index in [9.17, 15) is 13.5 Å². The minimum Gasteiger partial charge on any atom is -0.387 e. The van der Waals surface area contributed by atoms with E-state index in [1.807, 2.05) is 29.9 Å². The molecule has 0 fully saturated rings. The van der Waals surface area contributed by atoms with Gasteiger partial charge in [0.2, 0.25) is 10.0 Å². The lowest BCUT2D eigenvalue weighted by atomic mass is 9.97. The first kappa shape index (κ1) is 17.9. The van der Waals surface area contributed by atoms with Gasteiger partial charge < -0.3 is 9.67 Å². The number of hydrogen-bond donors (Lipinski definition) is 1. The second-order valence-electron chi connectivity index (χ2n) is 6.77. The van der Waals surface area contributed by atoms with Gasteiger partial charge in [-0.1, -0.05) is 18.2 Å². The van der Waals surface area contributed by atoms with Crippen LogP contribution in [0.5, 0.6) is 0 Å².